The number of hydrogen-bond acceptors (Lipinski definition) is 5. The molecule has 3 aromatic rings. The monoisotopic (exact) mass is 394 g/mol. The van der Waals surface area contributed by atoms with Crippen LogP contribution in [0.25, 0.3) is 10.2 Å². The molecule has 2 heterocycles. The predicted molar refractivity (Wildman–Crippen MR) is 113 cm³/mol. The van der Waals surface area contributed by atoms with Crippen molar-refractivity contribution in [3.05, 3.63) is 52.0 Å². The van der Waals surface area contributed by atoms with Crippen molar-refractivity contribution in [2.24, 2.45) is 5.73 Å². The Morgan fingerprint density at radius 1 is 1.04 bits per heavy atom. The van der Waals surface area contributed by atoms with E-state index in [9.17, 15) is 9.59 Å². The SMILES string of the molecule is NC(=O)c1ccc(NC(=O)c2sc3nc4c(cc3c2N)CCCCCC4)cc1. The minimum atomic E-state index is -0.506. The van der Waals surface area contributed by atoms with Crippen molar-refractivity contribution in [2.75, 3.05) is 11.1 Å². The van der Waals surface area contributed by atoms with E-state index in [0.29, 0.717) is 21.8 Å². The molecule has 1 aromatic carbocycles. The average molecular weight is 395 g/mol. The number of carbonyl (C=O) groups is 2. The summed E-state index contributed by atoms with van der Waals surface area (Å²) in [4.78, 5) is 30.0. The van der Waals surface area contributed by atoms with Crippen LogP contribution in [0.1, 0.15) is 57.0 Å². The summed E-state index contributed by atoms with van der Waals surface area (Å²) in [5.41, 5.74) is 15.4. The number of amides is 2. The minimum absolute atomic E-state index is 0.278. The fraction of sp³-hybridized carbons (Fsp3) is 0.286. The third-order valence-corrected chi connectivity index (χ3v) is 6.25. The molecule has 2 amide bonds. The molecule has 1 aliphatic rings. The Labute approximate surface area is 166 Å². The summed E-state index contributed by atoms with van der Waals surface area (Å²) < 4.78 is 0. The molecule has 7 heteroatoms. The van der Waals surface area contributed by atoms with E-state index in [2.05, 4.69) is 11.4 Å². The Bertz CT molecular complexity index is 1060. The summed E-state index contributed by atoms with van der Waals surface area (Å²) in [5, 5.41) is 3.69. The summed E-state index contributed by atoms with van der Waals surface area (Å²) in [6.45, 7) is 0. The van der Waals surface area contributed by atoms with E-state index in [0.717, 1.165) is 35.2 Å². The molecule has 2 aromatic heterocycles. The number of nitrogens with zero attached hydrogens (tertiary/aromatic N) is 1. The first kappa shape index (κ1) is 18.4. The Morgan fingerprint density at radius 2 is 1.75 bits per heavy atom. The van der Waals surface area contributed by atoms with Gasteiger partial charge in [0, 0.05) is 22.3 Å². The van der Waals surface area contributed by atoms with Gasteiger partial charge in [0.15, 0.2) is 0 Å². The molecule has 5 N–H and O–H groups in total. The molecule has 0 unspecified atom stereocenters. The van der Waals surface area contributed by atoms with Crippen LogP contribution in [0.3, 0.4) is 0 Å². The number of carbonyl (C=O) groups excluding carboxylic acids is 2. The normalized spacial score (nSPS) is 14.1. The highest BCUT2D eigenvalue weighted by Gasteiger charge is 2.20. The van der Waals surface area contributed by atoms with E-state index in [-0.39, 0.29) is 5.91 Å². The third-order valence-electron chi connectivity index (χ3n) is 5.13. The molecule has 1 aliphatic carbocycles. The number of aryl methyl sites for hydroxylation is 2. The van der Waals surface area contributed by atoms with Gasteiger partial charge >= 0.3 is 0 Å². The van der Waals surface area contributed by atoms with Crippen molar-refractivity contribution in [1.82, 2.24) is 4.98 Å². The van der Waals surface area contributed by atoms with Crippen molar-refractivity contribution >= 4 is 44.7 Å². The summed E-state index contributed by atoms with van der Waals surface area (Å²) >= 11 is 1.32. The fourth-order valence-electron chi connectivity index (χ4n) is 3.59. The number of primary amides is 1. The van der Waals surface area contributed by atoms with Crippen molar-refractivity contribution in [3.8, 4) is 0 Å². The standard InChI is InChI=1S/C21H22N4O2S/c22-17-15-11-13-5-3-1-2-4-6-16(13)25-21(15)28-18(17)20(27)24-14-9-7-12(8-10-14)19(23)26/h7-11H,1-6,22H2,(H2,23,26)(H,24,27). The van der Waals surface area contributed by atoms with Crippen molar-refractivity contribution < 1.29 is 9.59 Å². The van der Waals surface area contributed by atoms with Crippen molar-refractivity contribution in [1.29, 1.82) is 0 Å². The molecule has 0 spiro atoms. The van der Waals surface area contributed by atoms with Crippen LogP contribution in [0.15, 0.2) is 30.3 Å². The predicted octanol–water partition coefficient (Wildman–Crippen LogP) is 3.89. The number of benzene rings is 1. The van der Waals surface area contributed by atoms with Crippen LogP contribution in [-0.4, -0.2) is 16.8 Å². The van der Waals surface area contributed by atoms with Gasteiger partial charge in [-0.15, -0.1) is 11.3 Å². The Balaban J connectivity index is 1.63. The molecular weight excluding hydrogens is 372 g/mol. The molecule has 0 bridgehead atoms. The average Bonchev–Trinajstić information content (AvgIpc) is 2.98. The smallest absolute Gasteiger partial charge is 0.267 e. The van der Waals surface area contributed by atoms with Gasteiger partial charge in [0.05, 0.1) is 5.69 Å². The lowest BCUT2D eigenvalue weighted by Gasteiger charge is -2.12. The Kier molecular flexibility index (Phi) is 5.00. The Hall–Kier alpha value is -2.93. The first-order valence-electron chi connectivity index (χ1n) is 9.45. The number of hydrogen-bond donors (Lipinski definition) is 3. The highest BCUT2D eigenvalue weighted by atomic mass is 32.1. The molecule has 28 heavy (non-hydrogen) atoms. The molecule has 0 atom stereocenters. The van der Waals surface area contributed by atoms with E-state index >= 15 is 0 Å². The number of nitrogen functional groups attached to an aromatic ring is 1. The summed E-state index contributed by atoms with van der Waals surface area (Å²) in [6, 6.07) is 8.56. The van der Waals surface area contributed by atoms with E-state index in [1.807, 2.05) is 0 Å². The highest BCUT2D eigenvalue weighted by molar-refractivity contribution is 7.21. The summed E-state index contributed by atoms with van der Waals surface area (Å²) in [5.74, 6) is -0.784. The number of rotatable bonds is 3. The number of pyridine rings is 1. The molecule has 144 valence electrons. The van der Waals surface area contributed by atoms with E-state index in [1.54, 1.807) is 24.3 Å². The fourth-order valence-corrected chi connectivity index (χ4v) is 4.58. The maximum absolute atomic E-state index is 12.8. The Morgan fingerprint density at radius 3 is 2.46 bits per heavy atom. The zero-order valence-electron chi connectivity index (χ0n) is 15.5. The molecule has 0 saturated heterocycles. The zero-order valence-corrected chi connectivity index (χ0v) is 16.3. The van der Waals surface area contributed by atoms with Crippen LogP contribution >= 0.6 is 11.3 Å². The number of nitrogens with one attached hydrogen (secondary N) is 1. The van der Waals surface area contributed by atoms with Gasteiger partial charge in [-0.1, -0.05) is 12.8 Å². The van der Waals surface area contributed by atoms with E-state index in [1.165, 1.54) is 36.2 Å². The molecule has 4 rings (SSSR count). The molecule has 0 fully saturated rings. The topological polar surface area (TPSA) is 111 Å². The second-order valence-corrected chi connectivity index (χ2v) is 8.10. The lowest BCUT2D eigenvalue weighted by atomic mass is 9.96. The summed E-state index contributed by atoms with van der Waals surface area (Å²) in [6.07, 6.45) is 6.81. The van der Waals surface area contributed by atoms with Crippen LogP contribution in [-0.2, 0) is 12.8 Å². The third kappa shape index (κ3) is 3.57. The molecule has 0 aliphatic heterocycles. The van der Waals surface area contributed by atoms with Crippen LogP contribution < -0.4 is 16.8 Å². The van der Waals surface area contributed by atoms with Gasteiger partial charge in [-0.2, -0.15) is 0 Å². The first-order chi connectivity index (χ1) is 13.5. The maximum Gasteiger partial charge on any atom is 0.267 e. The van der Waals surface area contributed by atoms with Gasteiger partial charge in [-0.05, 0) is 61.6 Å². The molecular formula is C21H22N4O2S. The lowest BCUT2D eigenvalue weighted by Crippen LogP contribution is -2.13. The second kappa shape index (κ2) is 7.59. The summed E-state index contributed by atoms with van der Waals surface area (Å²) in [7, 11) is 0. The minimum Gasteiger partial charge on any atom is -0.397 e. The quantitative estimate of drug-likeness (QED) is 0.626. The van der Waals surface area contributed by atoms with E-state index < -0.39 is 5.91 Å². The van der Waals surface area contributed by atoms with Gasteiger partial charge < -0.3 is 16.8 Å². The van der Waals surface area contributed by atoms with Crippen LogP contribution in [0.2, 0.25) is 0 Å². The number of anilines is 2. The van der Waals surface area contributed by atoms with Gasteiger partial charge in [-0.25, -0.2) is 4.98 Å². The number of aromatic nitrogens is 1. The second-order valence-electron chi connectivity index (χ2n) is 7.10. The van der Waals surface area contributed by atoms with Gasteiger partial charge in [0.2, 0.25) is 5.91 Å². The zero-order chi connectivity index (χ0) is 19.7. The van der Waals surface area contributed by atoms with Crippen molar-refractivity contribution in [2.45, 2.75) is 38.5 Å². The number of thiophene rings is 1. The van der Waals surface area contributed by atoms with Crippen LogP contribution in [0, 0.1) is 0 Å². The number of nitrogens with two attached hydrogens (primary N) is 2. The van der Waals surface area contributed by atoms with E-state index in [4.69, 9.17) is 16.5 Å². The van der Waals surface area contributed by atoms with Gasteiger partial charge in [0.1, 0.15) is 9.71 Å². The van der Waals surface area contributed by atoms with Gasteiger partial charge in [-0.3, -0.25) is 9.59 Å². The first-order valence-corrected chi connectivity index (χ1v) is 10.3. The van der Waals surface area contributed by atoms with Gasteiger partial charge in [0.25, 0.3) is 5.91 Å². The number of fused-ring (bicyclic) bond motifs is 2. The molecule has 0 radical (unpaired) electrons. The highest BCUT2D eigenvalue weighted by Crippen LogP contribution is 2.35. The maximum atomic E-state index is 12.8. The lowest BCUT2D eigenvalue weighted by molar-refractivity contribution is 0.0998. The molecule has 0 saturated carbocycles. The van der Waals surface area contributed by atoms with Crippen LogP contribution in [0.5, 0.6) is 0 Å². The largest absolute Gasteiger partial charge is 0.397 e. The van der Waals surface area contributed by atoms with Crippen LogP contribution in [0.4, 0.5) is 11.4 Å². The molecule has 6 nitrogen and oxygen atoms in total. The van der Waals surface area contributed by atoms with Crippen molar-refractivity contribution in [3.63, 3.8) is 0 Å².